The molecule has 2 rings (SSSR count). The molecule has 2 unspecified atom stereocenters. The molecule has 1 aliphatic rings. The molecule has 0 aliphatic carbocycles. The molecular formula is C23H40IN5O2. The number of likely N-dealkylation sites (N-methyl/N-ethyl adjacent to an activating group) is 1. The van der Waals surface area contributed by atoms with E-state index >= 15 is 0 Å². The molecule has 0 radical (unpaired) electrons. The number of amides is 1. The summed E-state index contributed by atoms with van der Waals surface area (Å²) in [6, 6.07) is 11.5. The maximum Gasteiger partial charge on any atom is 0.410 e. The zero-order valence-electron chi connectivity index (χ0n) is 19.9. The van der Waals surface area contributed by atoms with Gasteiger partial charge in [-0.05, 0) is 46.1 Å². The van der Waals surface area contributed by atoms with Gasteiger partial charge in [0, 0.05) is 52.4 Å². The highest BCUT2D eigenvalue weighted by Gasteiger charge is 2.26. The molecule has 7 nitrogen and oxygen atoms in total. The molecule has 0 bridgehead atoms. The monoisotopic (exact) mass is 545 g/mol. The van der Waals surface area contributed by atoms with Crippen LogP contribution in [0.3, 0.4) is 0 Å². The highest BCUT2D eigenvalue weighted by molar-refractivity contribution is 14.0. The van der Waals surface area contributed by atoms with Crippen LogP contribution in [0.1, 0.15) is 46.1 Å². The predicted octanol–water partition coefficient (Wildman–Crippen LogP) is 3.69. The lowest BCUT2D eigenvalue weighted by molar-refractivity contribution is 0.0302. The molecule has 176 valence electrons. The predicted molar refractivity (Wildman–Crippen MR) is 138 cm³/mol. The number of benzene rings is 1. The van der Waals surface area contributed by atoms with E-state index in [0.29, 0.717) is 25.2 Å². The van der Waals surface area contributed by atoms with Gasteiger partial charge in [-0.2, -0.15) is 0 Å². The Morgan fingerprint density at radius 3 is 2.55 bits per heavy atom. The third-order valence-corrected chi connectivity index (χ3v) is 5.25. The number of halogens is 1. The van der Waals surface area contributed by atoms with Crippen LogP contribution in [0.25, 0.3) is 0 Å². The number of likely N-dealkylation sites (tertiary alicyclic amines) is 1. The van der Waals surface area contributed by atoms with E-state index < -0.39 is 5.60 Å². The zero-order valence-corrected chi connectivity index (χ0v) is 22.2. The Morgan fingerprint density at radius 1 is 1.29 bits per heavy atom. The fraction of sp³-hybridized carbons (Fsp3) is 0.652. The van der Waals surface area contributed by atoms with E-state index in [1.807, 2.05) is 20.8 Å². The SMILES string of the molecule is CN=C(NCCN(C)C(=O)OC(C)(C)C)NC1CCN(Cc2ccccc2)C(C)C1.I. The van der Waals surface area contributed by atoms with E-state index in [9.17, 15) is 4.79 Å². The van der Waals surface area contributed by atoms with Crippen LogP contribution in [-0.4, -0.2) is 73.3 Å². The normalized spacial score (nSPS) is 19.9. The number of carbonyl (C=O) groups excluding carboxylic acids is 1. The average molecular weight is 546 g/mol. The summed E-state index contributed by atoms with van der Waals surface area (Å²) < 4.78 is 5.38. The number of guanidine groups is 1. The number of aliphatic imine (C=N–C) groups is 1. The first-order chi connectivity index (χ1) is 14.2. The lowest BCUT2D eigenvalue weighted by Gasteiger charge is -2.38. The summed E-state index contributed by atoms with van der Waals surface area (Å²) in [5, 5.41) is 6.85. The van der Waals surface area contributed by atoms with Gasteiger partial charge in [0.05, 0.1) is 0 Å². The average Bonchev–Trinajstić information content (AvgIpc) is 2.68. The van der Waals surface area contributed by atoms with E-state index in [4.69, 9.17) is 4.74 Å². The summed E-state index contributed by atoms with van der Waals surface area (Å²) in [4.78, 5) is 20.5. The van der Waals surface area contributed by atoms with Crippen LogP contribution >= 0.6 is 24.0 Å². The molecule has 1 saturated heterocycles. The molecular weight excluding hydrogens is 505 g/mol. The van der Waals surface area contributed by atoms with Crippen molar-refractivity contribution in [2.45, 2.75) is 64.8 Å². The van der Waals surface area contributed by atoms with Gasteiger partial charge in [0.25, 0.3) is 0 Å². The summed E-state index contributed by atoms with van der Waals surface area (Å²) in [5.74, 6) is 0.779. The Kier molecular flexibility index (Phi) is 11.6. The highest BCUT2D eigenvalue weighted by atomic mass is 127. The van der Waals surface area contributed by atoms with Crippen molar-refractivity contribution < 1.29 is 9.53 Å². The van der Waals surface area contributed by atoms with Crippen molar-refractivity contribution in [1.29, 1.82) is 0 Å². The molecule has 1 aromatic carbocycles. The maximum atomic E-state index is 12.0. The van der Waals surface area contributed by atoms with Gasteiger partial charge in [0.1, 0.15) is 5.60 Å². The molecule has 0 spiro atoms. The van der Waals surface area contributed by atoms with Crippen LogP contribution in [-0.2, 0) is 11.3 Å². The smallest absolute Gasteiger partial charge is 0.410 e. The van der Waals surface area contributed by atoms with E-state index in [0.717, 1.165) is 31.9 Å². The van der Waals surface area contributed by atoms with Crippen molar-refractivity contribution >= 4 is 36.0 Å². The van der Waals surface area contributed by atoms with Gasteiger partial charge in [0.2, 0.25) is 0 Å². The molecule has 1 aliphatic heterocycles. The van der Waals surface area contributed by atoms with Crippen molar-refractivity contribution in [2.75, 3.05) is 33.7 Å². The zero-order chi connectivity index (χ0) is 22.1. The molecule has 0 saturated carbocycles. The fourth-order valence-electron chi connectivity index (χ4n) is 3.57. The van der Waals surface area contributed by atoms with Gasteiger partial charge in [-0.25, -0.2) is 4.79 Å². The summed E-state index contributed by atoms with van der Waals surface area (Å²) >= 11 is 0. The number of carbonyl (C=O) groups is 1. The molecule has 1 amide bonds. The molecule has 1 heterocycles. The Labute approximate surface area is 205 Å². The number of hydrogen-bond donors (Lipinski definition) is 2. The van der Waals surface area contributed by atoms with Gasteiger partial charge < -0.3 is 20.3 Å². The van der Waals surface area contributed by atoms with Gasteiger partial charge in [-0.1, -0.05) is 30.3 Å². The first kappa shape index (κ1) is 27.5. The second-order valence-corrected chi connectivity index (χ2v) is 9.07. The van der Waals surface area contributed by atoms with Crippen LogP contribution in [0, 0.1) is 0 Å². The Bertz CT molecular complexity index is 693. The fourth-order valence-corrected chi connectivity index (χ4v) is 3.57. The topological polar surface area (TPSA) is 69.2 Å². The van der Waals surface area contributed by atoms with Crippen molar-refractivity contribution in [1.82, 2.24) is 20.4 Å². The molecule has 1 fully saturated rings. The number of piperidine rings is 1. The van der Waals surface area contributed by atoms with Crippen molar-refractivity contribution in [3.8, 4) is 0 Å². The first-order valence-corrected chi connectivity index (χ1v) is 10.9. The van der Waals surface area contributed by atoms with Crippen molar-refractivity contribution in [3.63, 3.8) is 0 Å². The second-order valence-electron chi connectivity index (χ2n) is 9.07. The highest BCUT2D eigenvalue weighted by Crippen LogP contribution is 2.19. The number of nitrogens with one attached hydrogen (secondary N) is 2. The summed E-state index contributed by atoms with van der Waals surface area (Å²) in [5.41, 5.74) is 0.880. The van der Waals surface area contributed by atoms with Gasteiger partial charge in [-0.15, -0.1) is 24.0 Å². The number of hydrogen-bond acceptors (Lipinski definition) is 4. The van der Waals surface area contributed by atoms with Gasteiger partial charge >= 0.3 is 6.09 Å². The molecule has 2 N–H and O–H groups in total. The third-order valence-electron chi connectivity index (χ3n) is 5.25. The Morgan fingerprint density at radius 2 is 1.97 bits per heavy atom. The Hall–Kier alpha value is -1.55. The van der Waals surface area contributed by atoms with E-state index in [-0.39, 0.29) is 30.1 Å². The number of ether oxygens (including phenoxy) is 1. The lowest BCUT2D eigenvalue weighted by Crippen LogP contribution is -2.52. The lowest BCUT2D eigenvalue weighted by atomic mass is 9.97. The van der Waals surface area contributed by atoms with Crippen molar-refractivity contribution in [2.24, 2.45) is 4.99 Å². The first-order valence-electron chi connectivity index (χ1n) is 10.9. The standard InChI is InChI=1S/C23H39N5O2.HI/c1-18-16-20(12-14-28(18)17-19-10-8-7-9-11-19)26-21(24-5)25-13-15-27(6)22(29)30-23(2,3)4;/h7-11,18,20H,12-17H2,1-6H3,(H2,24,25,26);1H. The number of nitrogens with zero attached hydrogens (tertiary/aromatic N) is 3. The van der Waals surface area contributed by atoms with Crippen LogP contribution < -0.4 is 10.6 Å². The minimum absolute atomic E-state index is 0. The largest absolute Gasteiger partial charge is 0.444 e. The van der Waals surface area contributed by atoms with Crippen LogP contribution in [0.5, 0.6) is 0 Å². The van der Waals surface area contributed by atoms with Gasteiger partial charge in [-0.3, -0.25) is 9.89 Å². The molecule has 31 heavy (non-hydrogen) atoms. The van der Waals surface area contributed by atoms with Crippen molar-refractivity contribution in [3.05, 3.63) is 35.9 Å². The minimum atomic E-state index is -0.484. The van der Waals surface area contributed by atoms with Crippen LogP contribution in [0.2, 0.25) is 0 Å². The van der Waals surface area contributed by atoms with E-state index in [1.54, 1.807) is 19.0 Å². The molecule has 8 heteroatoms. The summed E-state index contributed by atoms with van der Waals surface area (Å²) in [6.45, 7) is 11.1. The third kappa shape index (κ3) is 10.1. The summed E-state index contributed by atoms with van der Waals surface area (Å²) in [7, 11) is 3.52. The number of rotatable bonds is 6. The van der Waals surface area contributed by atoms with Gasteiger partial charge in [0.15, 0.2) is 5.96 Å². The Balaban J connectivity index is 0.00000480. The van der Waals surface area contributed by atoms with E-state index in [1.165, 1.54) is 5.56 Å². The maximum absolute atomic E-state index is 12.0. The van der Waals surface area contributed by atoms with Crippen LogP contribution in [0.15, 0.2) is 35.3 Å². The quantitative estimate of drug-likeness (QED) is 0.324. The summed E-state index contributed by atoms with van der Waals surface area (Å²) in [6.07, 6.45) is 1.84. The minimum Gasteiger partial charge on any atom is -0.444 e. The second kappa shape index (κ2) is 13.1. The van der Waals surface area contributed by atoms with E-state index in [2.05, 4.69) is 57.8 Å². The molecule has 0 aromatic heterocycles. The van der Waals surface area contributed by atoms with Crippen LogP contribution in [0.4, 0.5) is 4.79 Å². The molecule has 1 aromatic rings. The molecule has 2 atom stereocenters.